The van der Waals surface area contributed by atoms with Gasteiger partial charge in [-0.05, 0) is 30.4 Å². The summed E-state index contributed by atoms with van der Waals surface area (Å²) in [6.45, 7) is 8.33. The summed E-state index contributed by atoms with van der Waals surface area (Å²) in [6.07, 6.45) is 2.83. The second-order valence-corrected chi connectivity index (χ2v) is 5.01. The van der Waals surface area contributed by atoms with Gasteiger partial charge in [-0.15, -0.1) is 0 Å². The van der Waals surface area contributed by atoms with E-state index in [0.717, 1.165) is 19.3 Å². The Morgan fingerprint density at radius 1 is 1.12 bits per heavy atom. The highest BCUT2D eigenvalue weighted by molar-refractivity contribution is 5.23. The fourth-order valence-corrected chi connectivity index (χ4v) is 1.92. The third-order valence-electron chi connectivity index (χ3n) is 3.67. The van der Waals surface area contributed by atoms with Crippen molar-refractivity contribution in [1.29, 1.82) is 0 Å². The Balaban J connectivity index is 2.72. The van der Waals surface area contributed by atoms with Gasteiger partial charge in [0.15, 0.2) is 0 Å². The van der Waals surface area contributed by atoms with Gasteiger partial charge in [0.1, 0.15) is 0 Å². The minimum Gasteiger partial charge on any atom is -0.390 e. The molecule has 0 bridgehead atoms. The molecule has 1 N–H and O–H groups in total. The fourth-order valence-electron chi connectivity index (χ4n) is 1.92. The molecular weight excluding hydrogens is 196 g/mol. The Labute approximate surface area is 99.5 Å². The number of benzene rings is 1. The SMILES string of the molecule is CCc1ccc(CC(C)(O)C(C)CC)cc1. The van der Waals surface area contributed by atoms with Crippen molar-refractivity contribution in [3.63, 3.8) is 0 Å². The van der Waals surface area contributed by atoms with Gasteiger partial charge in [-0.2, -0.15) is 0 Å². The molecule has 90 valence electrons. The Morgan fingerprint density at radius 3 is 2.06 bits per heavy atom. The van der Waals surface area contributed by atoms with Gasteiger partial charge in [0.2, 0.25) is 0 Å². The molecule has 1 rings (SSSR count). The topological polar surface area (TPSA) is 20.2 Å². The first-order valence-electron chi connectivity index (χ1n) is 6.29. The van der Waals surface area contributed by atoms with Gasteiger partial charge in [-0.1, -0.05) is 51.5 Å². The molecule has 0 aliphatic carbocycles. The lowest BCUT2D eigenvalue weighted by Crippen LogP contribution is -2.34. The molecule has 0 radical (unpaired) electrons. The van der Waals surface area contributed by atoms with Crippen LogP contribution in [0.4, 0.5) is 0 Å². The second-order valence-electron chi connectivity index (χ2n) is 5.01. The summed E-state index contributed by atoms with van der Waals surface area (Å²) in [5.74, 6) is 0.332. The molecule has 0 saturated carbocycles. The summed E-state index contributed by atoms with van der Waals surface area (Å²) in [5, 5.41) is 10.4. The third kappa shape index (κ3) is 3.34. The van der Waals surface area contributed by atoms with Crippen LogP contribution in [0.1, 0.15) is 45.2 Å². The van der Waals surface area contributed by atoms with Crippen LogP contribution in [0.5, 0.6) is 0 Å². The van der Waals surface area contributed by atoms with Crippen molar-refractivity contribution in [2.45, 2.75) is 52.6 Å². The van der Waals surface area contributed by atoms with E-state index in [0.29, 0.717) is 5.92 Å². The van der Waals surface area contributed by atoms with Crippen LogP contribution in [0, 0.1) is 5.92 Å². The van der Waals surface area contributed by atoms with Gasteiger partial charge >= 0.3 is 0 Å². The molecule has 1 aromatic carbocycles. The van der Waals surface area contributed by atoms with Crippen LogP contribution in [0.2, 0.25) is 0 Å². The zero-order chi connectivity index (χ0) is 12.2. The average Bonchev–Trinajstić information content (AvgIpc) is 2.28. The molecule has 0 saturated heterocycles. The zero-order valence-electron chi connectivity index (χ0n) is 11.0. The average molecular weight is 220 g/mol. The first-order valence-corrected chi connectivity index (χ1v) is 6.29. The van der Waals surface area contributed by atoms with Gasteiger partial charge in [0.25, 0.3) is 0 Å². The molecule has 2 unspecified atom stereocenters. The smallest absolute Gasteiger partial charge is 0.0685 e. The van der Waals surface area contributed by atoms with Gasteiger partial charge < -0.3 is 5.11 Å². The van der Waals surface area contributed by atoms with Crippen LogP contribution in [-0.4, -0.2) is 10.7 Å². The van der Waals surface area contributed by atoms with E-state index in [9.17, 15) is 5.11 Å². The molecule has 2 atom stereocenters. The minimum atomic E-state index is -0.595. The lowest BCUT2D eigenvalue weighted by molar-refractivity contribution is 0.00517. The maximum absolute atomic E-state index is 10.4. The first-order chi connectivity index (χ1) is 7.49. The van der Waals surface area contributed by atoms with E-state index in [1.54, 1.807) is 0 Å². The number of aliphatic hydroxyl groups is 1. The van der Waals surface area contributed by atoms with Crippen LogP contribution >= 0.6 is 0 Å². The summed E-state index contributed by atoms with van der Waals surface area (Å²) >= 11 is 0. The first kappa shape index (κ1) is 13.2. The molecule has 0 aliphatic rings. The summed E-state index contributed by atoms with van der Waals surface area (Å²) in [4.78, 5) is 0. The monoisotopic (exact) mass is 220 g/mol. The molecule has 16 heavy (non-hydrogen) atoms. The third-order valence-corrected chi connectivity index (χ3v) is 3.67. The van der Waals surface area contributed by atoms with Crippen molar-refractivity contribution in [2.24, 2.45) is 5.92 Å². The van der Waals surface area contributed by atoms with E-state index in [4.69, 9.17) is 0 Å². The van der Waals surface area contributed by atoms with Crippen LogP contribution in [0.25, 0.3) is 0 Å². The largest absolute Gasteiger partial charge is 0.390 e. The zero-order valence-corrected chi connectivity index (χ0v) is 11.0. The van der Waals surface area contributed by atoms with Crippen LogP contribution < -0.4 is 0 Å². The summed E-state index contributed by atoms with van der Waals surface area (Å²) < 4.78 is 0. The van der Waals surface area contributed by atoms with E-state index in [2.05, 4.69) is 45.0 Å². The maximum Gasteiger partial charge on any atom is 0.0685 e. The van der Waals surface area contributed by atoms with Crippen molar-refractivity contribution < 1.29 is 5.11 Å². The van der Waals surface area contributed by atoms with Crippen molar-refractivity contribution in [2.75, 3.05) is 0 Å². The molecule has 0 aliphatic heterocycles. The van der Waals surface area contributed by atoms with Gasteiger partial charge in [0, 0.05) is 6.42 Å². The maximum atomic E-state index is 10.4. The van der Waals surface area contributed by atoms with Crippen molar-refractivity contribution in [3.05, 3.63) is 35.4 Å². The number of aryl methyl sites for hydroxylation is 1. The van der Waals surface area contributed by atoms with E-state index in [-0.39, 0.29) is 0 Å². The summed E-state index contributed by atoms with van der Waals surface area (Å²) in [5.41, 5.74) is 1.98. The number of hydrogen-bond donors (Lipinski definition) is 1. The normalized spacial score (nSPS) is 16.8. The minimum absolute atomic E-state index is 0.332. The summed E-state index contributed by atoms with van der Waals surface area (Å²) in [6, 6.07) is 8.58. The molecule has 0 heterocycles. The van der Waals surface area contributed by atoms with Crippen molar-refractivity contribution >= 4 is 0 Å². The lowest BCUT2D eigenvalue weighted by atomic mass is 9.83. The van der Waals surface area contributed by atoms with Gasteiger partial charge in [-0.3, -0.25) is 0 Å². The molecule has 1 aromatic rings. The Hall–Kier alpha value is -0.820. The lowest BCUT2D eigenvalue weighted by Gasteiger charge is -2.29. The highest BCUT2D eigenvalue weighted by Crippen LogP contribution is 2.24. The van der Waals surface area contributed by atoms with Crippen molar-refractivity contribution in [1.82, 2.24) is 0 Å². The Bertz CT molecular complexity index is 311. The Kier molecular flexibility index (Phi) is 4.55. The summed E-state index contributed by atoms with van der Waals surface area (Å²) in [7, 11) is 0. The van der Waals surface area contributed by atoms with Crippen LogP contribution in [0.3, 0.4) is 0 Å². The van der Waals surface area contributed by atoms with Gasteiger partial charge in [-0.25, -0.2) is 0 Å². The second kappa shape index (κ2) is 5.49. The number of rotatable bonds is 5. The molecule has 1 heteroatoms. The van der Waals surface area contributed by atoms with Gasteiger partial charge in [0.05, 0.1) is 5.60 Å². The molecule has 0 amide bonds. The van der Waals surface area contributed by atoms with E-state index < -0.39 is 5.60 Å². The van der Waals surface area contributed by atoms with E-state index >= 15 is 0 Å². The number of hydrogen-bond acceptors (Lipinski definition) is 1. The molecule has 0 aromatic heterocycles. The predicted molar refractivity (Wildman–Crippen MR) is 69.6 cm³/mol. The standard InChI is InChI=1S/C15H24O/c1-5-12(3)15(4,16)11-14-9-7-13(6-2)8-10-14/h7-10,12,16H,5-6,11H2,1-4H3. The predicted octanol–water partition coefficient (Wildman–Crippen LogP) is 3.59. The quantitative estimate of drug-likeness (QED) is 0.804. The fraction of sp³-hybridized carbons (Fsp3) is 0.600. The van der Waals surface area contributed by atoms with E-state index in [1.807, 2.05) is 6.92 Å². The van der Waals surface area contributed by atoms with Crippen LogP contribution in [-0.2, 0) is 12.8 Å². The Morgan fingerprint density at radius 2 is 1.62 bits per heavy atom. The van der Waals surface area contributed by atoms with Crippen LogP contribution in [0.15, 0.2) is 24.3 Å². The molecular formula is C15H24O. The highest BCUT2D eigenvalue weighted by atomic mass is 16.3. The van der Waals surface area contributed by atoms with E-state index in [1.165, 1.54) is 11.1 Å². The molecule has 0 spiro atoms. The highest BCUT2D eigenvalue weighted by Gasteiger charge is 2.26. The molecule has 0 fully saturated rings. The van der Waals surface area contributed by atoms with Crippen molar-refractivity contribution in [3.8, 4) is 0 Å². The molecule has 1 nitrogen and oxygen atoms in total.